The predicted octanol–water partition coefficient (Wildman–Crippen LogP) is 1.41. The molecule has 2 rings (SSSR count). The van der Waals surface area contributed by atoms with Crippen LogP contribution in [-0.4, -0.2) is 67.2 Å². The molecule has 0 aromatic heterocycles. The summed E-state index contributed by atoms with van der Waals surface area (Å²) < 4.78 is 5.46. The van der Waals surface area contributed by atoms with Crippen LogP contribution >= 0.6 is 11.6 Å². The molecular weight excluding hydrogens is 224 g/mol. The van der Waals surface area contributed by atoms with Crippen LogP contribution in [0.3, 0.4) is 0 Å². The lowest BCUT2D eigenvalue weighted by atomic mass is 10.1. The molecule has 0 saturated carbocycles. The zero-order valence-corrected chi connectivity index (χ0v) is 11.0. The minimum Gasteiger partial charge on any atom is -0.379 e. The van der Waals surface area contributed by atoms with Crippen molar-refractivity contribution >= 4 is 11.6 Å². The Morgan fingerprint density at radius 1 is 1.31 bits per heavy atom. The maximum absolute atomic E-state index is 5.58. The predicted molar refractivity (Wildman–Crippen MR) is 67.2 cm³/mol. The third-order valence-corrected chi connectivity index (χ3v) is 3.97. The Hall–Kier alpha value is 0.170. The molecule has 3 nitrogen and oxygen atoms in total. The number of hydrogen-bond donors (Lipinski definition) is 0. The van der Waals surface area contributed by atoms with Gasteiger partial charge in [-0.2, -0.15) is 0 Å². The van der Waals surface area contributed by atoms with Crippen molar-refractivity contribution in [1.82, 2.24) is 9.80 Å². The quantitative estimate of drug-likeness (QED) is 0.539. The number of halogens is 1. The largest absolute Gasteiger partial charge is 0.379 e. The first kappa shape index (κ1) is 12.6. The number of hydrogen-bond acceptors (Lipinski definition) is 3. The Bertz CT molecular complexity index is 215. The second-order valence-electron chi connectivity index (χ2n) is 4.94. The van der Waals surface area contributed by atoms with E-state index in [4.69, 9.17) is 16.3 Å². The molecule has 0 N–H and O–H groups in total. The molecule has 0 radical (unpaired) electrons. The highest BCUT2D eigenvalue weighted by atomic mass is 35.5. The van der Waals surface area contributed by atoms with Crippen molar-refractivity contribution < 1.29 is 4.74 Å². The Labute approximate surface area is 104 Å². The first-order valence-electron chi connectivity index (χ1n) is 6.43. The summed E-state index contributed by atoms with van der Waals surface area (Å²) in [5.74, 6) is 0.603. The summed E-state index contributed by atoms with van der Waals surface area (Å²) in [6.07, 6.45) is 2.76. The molecular formula is C12H23ClN2O. The molecule has 0 aromatic rings. The summed E-state index contributed by atoms with van der Waals surface area (Å²) >= 11 is 5.58. The van der Waals surface area contributed by atoms with Crippen LogP contribution in [-0.2, 0) is 4.74 Å². The van der Waals surface area contributed by atoms with Crippen molar-refractivity contribution in [2.45, 2.75) is 31.8 Å². The number of nitrogens with zero attached hydrogens (tertiary/aromatic N) is 2. The minimum absolute atomic E-state index is 0.603. The molecule has 2 fully saturated rings. The minimum atomic E-state index is 0.603. The van der Waals surface area contributed by atoms with E-state index in [0.717, 1.165) is 19.2 Å². The van der Waals surface area contributed by atoms with E-state index >= 15 is 0 Å². The van der Waals surface area contributed by atoms with Crippen molar-refractivity contribution in [3.8, 4) is 0 Å². The van der Waals surface area contributed by atoms with Crippen LogP contribution in [0.25, 0.3) is 0 Å². The van der Waals surface area contributed by atoms with Gasteiger partial charge in [0.25, 0.3) is 0 Å². The monoisotopic (exact) mass is 246 g/mol. The van der Waals surface area contributed by atoms with E-state index < -0.39 is 0 Å². The molecule has 0 bridgehead atoms. The summed E-state index contributed by atoms with van der Waals surface area (Å²) in [5.41, 5.74) is 0. The van der Waals surface area contributed by atoms with E-state index in [1.54, 1.807) is 0 Å². The normalized spacial score (nSPS) is 31.9. The van der Waals surface area contributed by atoms with Gasteiger partial charge < -0.3 is 4.74 Å². The van der Waals surface area contributed by atoms with Gasteiger partial charge in [0.2, 0.25) is 0 Å². The highest BCUT2D eigenvalue weighted by Crippen LogP contribution is 2.24. The van der Waals surface area contributed by atoms with Gasteiger partial charge >= 0.3 is 0 Å². The molecule has 2 aliphatic heterocycles. The average molecular weight is 247 g/mol. The first-order valence-corrected chi connectivity index (χ1v) is 6.96. The standard InChI is InChI=1S/C12H23ClN2O/c1-11-9-15-5-2-3-12(15)10-14(11)6-8-16-7-4-13/h11-12H,2-10H2,1H3. The van der Waals surface area contributed by atoms with Crippen molar-refractivity contribution in [3.05, 3.63) is 0 Å². The summed E-state index contributed by atoms with van der Waals surface area (Å²) in [6.45, 7) is 8.67. The molecule has 0 aromatic carbocycles. The molecule has 0 amide bonds. The van der Waals surface area contributed by atoms with E-state index in [9.17, 15) is 0 Å². The lowest BCUT2D eigenvalue weighted by molar-refractivity contribution is 0.0332. The summed E-state index contributed by atoms with van der Waals surface area (Å²) in [7, 11) is 0. The topological polar surface area (TPSA) is 15.7 Å². The number of ether oxygens (including phenoxy) is 1. The second kappa shape index (κ2) is 6.20. The van der Waals surface area contributed by atoms with Crippen LogP contribution < -0.4 is 0 Å². The van der Waals surface area contributed by atoms with Gasteiger partial charge in [-0.25, -0.2) is 0 Å². The van der Waals surface area contributed by atoms with Crippen LogP contribution in [0.5, 0.6) is 0 Å². The number of rotatable bonds is 5. The average Bonchev–Trinajstić information content (AvgIpc) is 2.71. The van der Waals surface area contributed by atoms with Gasteiger partial charge in [-0.15, -0.1) is 11.6 Å². The van der Waals surface area contributed by atoms with Gasteiger partial charge in [0.05, 0.1) is 13.2 Å². The Balaban J connectivity index is 1.72. The van der Waals surface area contributed by atoms with Crippen molar-refractivity contribution in [3.63, 3.8) is 0 Å². The van der Waals surface area contributed by atoms with Crippen molar-refractivity contribution in [2.24, 2.45) is 0 Å². The third-order valence-electron chi connectivity index (χ3n) is 3.81. The highest BCUT2D eigenvalue weighted by molar-refractivity contribution is 6.17. The van der Waals surface area contributed by atoms with E-state index in [0.29, 0.717) is 18.5 Å². The second-order valence-corrected chi connectivity index (χ2v) is 5.31. The van der Waals surface area contributed by atoms with E-state index in [-0.39, 0.29) is 0 Å². The van der Waals surface area contributed by atoms with Crippen LogP contribution in [0.1, 0.15) is 19.8 Å². The molecule has 2 saturated heterocycles. The lowest BCUT2D eigenvalue weighted by Gasteiger charge is -2.42. The zero-order valence-electron chi connectivity index (χ0n) is 10.2. The molecule has 16 heavy (non-hydrogen) atoms. The fourth-order valence-corrected chi connectivity index (χ4v) is 3.01. The third kappa shape index (κ3) is 3.10. The highest BCUT2D eigenvalue weighted by Gasteiger charge is 2.33. The van der Waals surface area contributed by atoms with Crippen molar-refractivity contribution in [2.75, 3.05) is 45.3 Å². The van der Waals surface area contributed by atoms with Crippen LogP contribution in [0.2, 0.25) is 0 Å². The van der Waals surface area contributed by atoms with E-state index in [1.165, 1.54) is 32.5 Å². The Kier molecular flexibility index (Phi) is 4.89. The van der Waals surface area contributed by atoms with Crippen LogP contribution in [0.15, 0.2) is 0 Å². The molecule has 2 aliphatic rings. The van der Waals surface area contributed by atoms with Gasteiger partial charge in [0.15, 0.2) is 0 Å². The van der Waals surface area contributed by atoms with Crippen LogP contribution in [0, 0.1) is 0 Å². The van der Waals surface area contributed by atoms with E-state index in [2.05, 4.69) is 16.7 Å². The maximum Gasteiger partial charge on any atom is 0.0602 e. The summed E-state index contributed by atoms with van der Waals surface area (Å²) in [6, 6.07) is 1.48. The number of alkyl halides is 1. The molecule has 2 atom stereocenters. The lowest BCUT2D eigenvalue weighted by Crippen LogP contribution is -2.55. The SMILES string of the molecule is CC1CN2CCCC2CN1CCOCCCl. The van der Waals surface area contributed by atoms with Gasteiger partial charge in [0, 0.05) is 37.6 Å². The fourth-order valence-electron chi connectivity index (χ4n) is 2.90. The van der Waals surface area contributed by atoms with Crippen LogP contribution in [0.4, 0.5) is 0 Å². The van der Waals surface area contributed by atoms with Crippen molar-refractivity contribution in [1.29, 1.82) is 0 Å². The summed E-state index contributed by atoms with van der Waals surface area (Å²) in [5, 5.41) is 0. The molecule has 94 valence electrons. The number of fused-ring (bicyclic) bond motifs is 1. The molecule has 2 unspecified atom stereocenters. The van der Waals surface area contributed by atoms with Gasteiger partial charge in [-0.3, -0.25) is 9.80 Å². The van der Waals surface area contributed by atoms with Gasteiger partial charge in [-0.05, 0) is 26.3 Å². The zero-order chi connectivity index (χ0) is 11.4. The first-order chi connectivity index (χ1) is 7.81. The van der Waals surface area contributed by atoms with Gasteiger partial charge in [0.1, 0.15) is 0 Å². The Morgan fingerprint density at radius 3 is 3.00 bits per heavy atom. The van der Waals surface area contributed by atoms with Gasteiger partial charge in [-0.1, -0.05) is 0 Å². The molecule has 4 heteroatoms. The van der Waals surface area contributed by atoms with E-state index in [1.807, 2.05) is 0 Å². The smallest absolute Gasteiger partial charge is 0.0602 e. The molecule has 0 aliphatic carbocycles. The molecule has 0 spiro atoms. The maximum atomic E-state index is 5.58. The summed E-state index contributed by atoms with van der Waals surface area (Å²) in [4.78, 5) is 5.22. The molecule has 2 heterocycles. The fraction of sp³-hybridized carbons (Fsp3) is 1.00. The number of piperazine rings is 1. The Morgan fingerprint density at radius 2 is 2.19 bits per heavy atom.